The Bertz CT molecular complexity index is 355. The van der Waals surface area contributed by atoms with E-state index in [4.69, 9.17) is 20.6 Å². The van der Waals surface area contributed by atoms with E-state index in [1.54, 1.807) is 19.4 Å². The predicted octanol–water partition coefficient (Wildman–Crippen LogP) is 0.917. The lowest BCUT2D eigenvalue weighted by Gasteiger charge is -2.12. The van der Waals surface area contributed by atoms with Gasteiger partial charge in [0.2, 0.25) is 0 Å². The molecule has 1 heterocycles. The number of amidine groups is 1. The summed E-state index contributed by atoms with van der Waals surface area (Å²) < 4.78 is 10.5. The van der Waals surface area contributed by atoms with Gasteiger partial charge in [-0.3, -0.25) is 10.4 Å². The fraction of sp³-hybridized carbons (Fsp3) is 0.455. The van der Waals surface area contributed by atoms with E-state index in [0.29, 0.717) is 18.9 Å². The zero-order valence-corrected chi connectivity index (χ0v) is 9.56. The highest BCUT2D eigenvalue weighted by Crippen LogP contribution is 2.05. The van der Waals surface area contributed by atoms with Crippen LogP contribution < -0.4 is 5.73 Å². The lowest BCUT2D eigenvalue weighted by Crippen LogP contribution is -2.16. The van der Waals surface area contributed by atoms with E-state index in [2.05, 4.69) is 4.98 Å². The van der Waals surface area contributed by atoms with E-state index in [1.165, 1.54) is 0 Å². The van der Waals surface area contributed by atoms with Crippen molar-refractivity contribution >= 4 is 5.84 Å². The largest absolute Gasteiger partial charge is 0.382 e. The second kappa shape index (κ2) is 6.19. The first-order valence-corrected chi connectivity index (χ1v) is 5.03. The minimum atomic E-state index is -0.0354. The normalized spacial score (nSPS) is 12.4. The molecule has 16 heavy (non-hydrogen) atoms. The van der Waals surface area contributed by atoms with Crippen molar-refractivity contribution < 1.29 is 9.47 Å². The molecule has 1 aromatic heterocycles. The van der Waals surface area contributed by atoms with Crippen LogP contribution in [0.3, 0.4) is 0 Å². The highest BCUT2D eigenvalue weighted by Gasteiger charge is 2.04. The van der Waals surface area contributed by atoms with E-state index in [0.717, 1.165) is 5.56 Å². The topological polar surface area (TPSA) is 81.2 Å². The predicted molar refractivity (Wildman–Crippen MR) is 61.4 cm³/mol. The van der Waals surface area contributed by atoms with Crippen molar-refractivity contribution in [2.75, 3.05) is 13.7 Å². The second-order valence-electron chi connectivity index (χ2n) is 3.54. The number of ether oxygens (including phenoxy) is 2. The maximum absolute atomic E-state index is 7.27. The molecule has 1 rings (SSSR count). The monoisotopic (exact) mass is 223 g/mol. The van der Waals surface area contributed by atoms with E-state index in [1.807, 2.05) is 13.0 Å². The zero-order chi connectivity index (χ0) is 12.0. The van der Waals surface area contributed by atoms with Gasteiger partial charge in [-0.05, 0) is 24.6 Å². The van der Waals surface area contributed by atoms with Crippen LogP contribution in [0.15, 0.2) is 18.3 Å². The molecule has 0 aromatic carbocycles. The molecule has 0 radical (unpaired) electrons. The molecule has 0 saturated carbocycles. The van der Waals surface area contributed by atoms with Gasteiger partial charge in [0.15, 0.2) is 0 Å². The maximum Gasteiger partial charge on any atom is 0.141 e. The Kier molecular flexibility index (Phi) is 4.88. The van der Waals surface area contributed by atoms with Crippen LogP contribution in [-0.4, -0.2) is 30.6 Å². The van der Waals surface area contributed by atoms with E-state index >= 15 is 0 Å². The number of aromatic nitrogens is 1. The van der Waals surface area contributed by atoms with E-state index < -0.39 is 0 Å². The van der Waals surface area contributed by atoms with Crippen LogP contribution in [0.25, 0.3) is 0 Å². The van der Waals surface area contributed by atoms with E-state index in [9.17, 15) is 0 Å². The number of methoxy groups -OCH3 is 1. The standard InChI is InChI=1S/C11H17N3O2/c1-8(6-15-2)16-7-9-3-4-14-10(5-9)11(12)13/h3-5,8H,6-7H2,1-2H3,(H3,12,13). The third-order valence-corrected chi connectivity index (χ3v) is 2.04. The first-order valence-electron chi connectivity index (χ1n) is 5.03. The Hall–Kier alpha value is -1.46. The summed E-state index contributed by atoms with van der Waals surface area (Å²) in [6, 6.07) is 3.59. The summed E-state index contributed by atoms with van der Waals surface area (Å²) in [4.78, 5) is 3.97. The lowest BCUT2D eigenvalue weighted by molar-refractivity contribution is -0.000152. The fourth-order valence-corrected chi connectivity index (χ4v) is 1.23. The molecule has 0 aliphatic heterocycles. The molecular weight excluding hydrogens is 206 g/mol. The Morgan fingerprint density at radius 2 is 2.38 bits per heavy atom. The highest BCUT2D eigenvalue weighted by atomic mass is 16.5. The molecule has 0 aliphatic carbocycles. The molecule has 0 saturated heterocycles. The van der Waals surface area contributed by atoms with Crippen LogP contribution in [0.1, 0.15) is 18.2 Å². The number of nitrogen functional groups attached to an aromatic ring is 1. The summed E-state index contributed by atoms with van der Waals surface area (Å²) in [7, 11) is 1.64. The Morgan fingerprint density at radius 1 is 1.62 bits per heavy atom. The molecule has 1 aromatic rings. The van der Waals surface area contributed by atoms with Crippen LogP contribution in [0, 0.1) is 5.41 Å². The van der Waals surface area contributed by atoms with Gasteiger partial charge in [-0.1, -0.05) is 0 Å². The van der Waals surface area contributed by atoms with Crippen molar-refractivity contribution in [3.8, 4) is 0 Å². The number of nitrogens with one attached hydrogen (secondary N) is 1. The molecule has 0 spiro atoms. The van der Waals surface area contributed by atoms with Gasteiger partial charge in [-0.2, -0.15) is 0 Å². The van der Waals surface area contributed by atoms with Crippen molar-refractivity contribution in [2.24, 2.45) is 5.73 Å². The van der Waals surface area contributed by atoms with Gasteiger partial charge in [0.25, 0.3) is 0 Å². The molecule has 5 nitrogen and oxygen atoms in total. The smallest absolute Gasteiger partial charge is 0.141 e. The van der Waals surface area contributed by atoms with Crippen LogP contribution in [0.5, 0.6) is 0 Å². The number of nitrogens with zero attached hydrogens (tertiary/aromatic N) is 1. The molecule has 1 atom stereocenters. The Balaban J connectivity index is 2.54. The summed E-state index contributed by atoms with van der Waals surface area (Å²) in [5, 5.41) is 7.27. The van der Waals surface area contributed by atoms with Crippen molar-refractivity contribution in [3.63, 3.8) is 0 Å². The van der Waals surface area contributed by atoms with Gasteiger partial charge in [0, 0.05) is 13.3 Å². The minimum Gasteiger partial charge on any atom is -0.382 e. The van der Waals surface area contributed by atoms with Gasteiger partial charge < -0.3 is 15.2 Å². The fourth-order valence-electron chi connectivity index (χ4n) is 1.23. The summed E-state index contributed by atoms with van der Waals surface area (Å²) in [6.07, 6.45) is 1.66. The summed E-state index contributed by atoms with van der Waals surface area (Å²) in [5.41, 5.74) is 6.77. The van der Waals surface area contributed by atoms with Crippen LogP contribution >= 0.6 is 0 Å². The molecule has 3 N–H and O–H groups in total. The quantitative estimate of drug-likeness (QED) is 0.555. The van der Waals surface area contributed by atoms with Gasteiger partial charge in [0.1, 0.15) is 11.5 Å². The SMILES string of the molecule is COCC(C)OCc1ccnc(C(=N)N)c1. The van der Waals surface area contributed by atoms with Crippen molar-refractivity contribution in [1.29, 1.82) is 5.41 Å². The van der Waals surface area contributed by atoms with Crippen molar-refractivity contribution in [2.45, 2.75) is 19.6 Å². The third-order valence-electron chi connectivity index (χ3n) is 2.04. The van der Waals surface area contributed by atoms with Crippen molar-refractivity contribution in [3.05, 3.63) is 29.6 Å². The molecule has 88 valence electrons. The van der Waals surface area contributed by atoms with Crippen LogP contribution in [0.2, 0.25) is 0 Å². The Labute approximate surface area is 95.1 Å². The average Bonchev–Trinajstić information content (AvgIpc) is 2.27. The molecule has 0 aliphatic rings. The first-order chi connectivity index (χ1) is 7.63. The van der Waals surface area contributed by atoms with Crippen LogP contribution in [0.4, 0.5) is 0 Å². The lowest BCUT2D eigenvalue weighted by atomic mass is 10.2. The second-order valence-corrected chi connectivity index (χ2v) is 3.54. The number of pyridine rings is 1. The zero-order valence-electron chi connectivity index (χ0n) is 9.56. The van der Waals surface area contributed by atoms with Crippen LogP contribution in [-0.2, 0) is 16.1 Å². The van der Waals surface area contributed by atoms with Gasteiger partial charge in [-0.15, -0.1) is 0 Å². The Morgan fingerprint density at radius 3 is 3.00 bits per heavy atom. The molecule has 0 bridgehead atoms. The number of hydrogen-bond donors (Lipinski definition) is 2. The van der Waals surface area contributed by atoms with Gasteiger partial charge in [-0.25, -0.2) is 0 Å². The van der Waals surface area contributed by atoms with Gasteiger partial charge >= 0.3 is 0 Å². The molecule has 0 fully saturated rings. The average molecular weight is 223 g/mol. The summed E-state index contributed by atoms with van der Waals surface area (Å²) >= 11 is 0. The van der Waals surface area contributed by atoms with E-state index in [-0.39, 0.29) is 11.9 Å². The minimum absolute atomic E-state index is 0.0354. The molecule has 1 unspecified atom stereocenters. The summed E-state index contributed by atoms with van der Waals surface area (Å²) in [6.45, 7) is 2.97. The third kappa shape index (κ3) is 3.96. The molecular formula is C11H17N3O2. The molecule has 0 amide bonds. The first kappa shape index (κ1) is 12.6. The molecule has 5 heteroatoms. The van der Waals surface area contributed by atoms with Gasteiger partial charge in [0.05, 0.1) is 19.3 Å². The number of rotatable bonds is 6. The van der Waals surface area contributed by atoms with Crippen molar-refractivity contribution in [1.82, 2.24) is 4.98 Å². The summed E-state index contributed by atoms with van der Waals surface area (Å²) in [5.74, 6) is -0.0354. The maximum atomic E-state index is 7.27. The highest BCUT2D eigenvalue weighted by molar-refractivity contribution is 5.93. The number of nitrogens with two attached hydrogens (primary N) is 1. The number of hydrogen-bond acceptors (Lipinski definition) is 4.